The molecule has 1 fully saturated rings. The van der Waals surface area contributed by atoms with Crippen LogP contribution in [0.1, 0.15) is 38.3 Å². The van der Waals surface area contributed by atoms with E-state index in [1.807, 2.05) is 0 Å². The number of aliphatic hydroxyl groups excluding tert-OH is 1. The molecular weight excluding hydrogens is 418 g/mol. The van der Waals surface area contributed by atoms with E-state index in [0.717, 1.165) is 29.6 Å². The quantitative estimate of drug-likeness (QED) is 0.226. The SMILES string of the molecule is O=c1[nH]c(=O)n([C@H]2C[C@@H](O)[C@@H](COP(=O)(O)OCCCCCCS)O2)cc1F. The third-order valence-corrected chi connectivity index (χ3v) is 5.45. The minimum absolute atomic E-state index is 0.0447. The van der Waals surface area contributed by atoms with Gasteiger partial charge in [0.05, 0.1) is 25.5 Å². The molecule has 1 aliphatic heterocycles. The number of aliphatic hydroxyl groups is 1. The topological polar surface area (TPSA) is 140 Å². The summed E-state index contributed by atoms with van der Waals surface area (Å²) in [6.45, 7) is -0.422. The van der Waals surface area contributed by atoms with E-state index < -0.39 is 49.9 Å². The van der Waals surface area contributed by atoms with Crippen molar-refractivity contribution in [2.75, 3.05) is 19.0 Å². The molecule has 4 atom stereocenters. The molecule has 0 spiro atoms. The van der Waals surface area contributed by atoms with Crippen LogP contribution in [0.15, 0.2) is 15.8 Å². The summed E-state index contributed by atoms with van der Waals surface area (Å²) in [5.74, 6) is -0.398. The third kappa shape index (κ3) is 6.80. The molecule has 1 saturated heterocycles. The smallest absolute Gasteiger partial charge is 0.390 e. The van der Waals surface area contributed by atoms with E-state index in [2.05, 4.69) is 12.6 Å². The standard InChI is InChI=1S/C15H24FN2O8PS/c16-10-8-18(15(21)17-14(10)20)13-7-11(19)12(26-13)9-25-27(22,23)24-5-3-1-2-4-6-28/h8,11-13,19,28H,1-7,9H2,(H,22,23)(H,17,20,21)/t11-,12-,13-/m1/s1. The molecule has 1 unspecified atom stereocenters. The van der Waals surface area contributed by atoms with Crippen molar-refractivity contribution in [2.45, 2.75) is 50.5 Å². The zero-order valence-electron chi connectivity index (χ0n) is 15.0. The van der Waals surface area contributed by atoms with Crippen LogP contribution in [-0.4, -0.2) is 50.7 Å². The van der Waals surface area contributed by atoms with Gasteiger partial charge < -0.3 is 14.7 Å². The van der Waals surface area contributed by atoms with E-state index in [1.54, 1.807) is 4.98 Å². The molecule has 160 valence electrons. The molecule has 0 amide bonds. The molecule has 3 N–H and O–H groups in total. The monoisotopic (exact) mass is 442 g/mol. The molecule has 0 aromatic carbocycles. The van der Waals surface area contributed by atoms with Crippen LogP contribution in [-0.2, 0) is 18.3 Å². The van der Waals surface area contributed by atoms with Gasteiger partial charge in [-0.1, -0.05) is 12.8 Å². The summed E-state index contributed by atoms with van der Waals surface area (Å²) in [5, 5.41) is 10.0. The second kappa shape index (κ2) is 10.7. The molecule has 1 aliphatic rings. The van der Waals surface area contributed by atoms with Crippen LogP contribution >= 0.6 is 20.5 Å². The molecule has 1 aromatic heterocycles. The summed E-state index contributed by atoms with van der Waals surface area (Å²) < 4.78 is 41.2. The summed E-state index contributed by atoms with van der Waals surface area (Å²) in [4.78, 5) is 34.3. The third-order valence-electron chi connectivity index (χ3n) is 4.15. The number of hydrogen-bond acceptors (Lipinski definition) is 8. The molecule has 2 rings (SSSR count). The van der Waals surface area contributed by atoms with Crippen LogP contribution in [0.5, 0.6) is 0 Å². The lowest BCUT2D eigenvalue weighted by Gasteiger charge is -2.18. The highest BCUT2D eigenvalue weighted by Crippen LogP contribution is 2.44. The number of nitrogens with one attached hydrogen (secondary N) is 1. The van der Waals surface area contributed by atoms with Gasteiger partial charge in [-0.3, -0.25) is 23.4 Å². The van der Waals surface area contributed by atoms with Crippen LogP contribution < -0.4 is 11.2 Å². The number of phosphoric ester groups is 1. The minimum Gasteiger partial charge on any atom is -0.390 e. The van der Waals surface area contributed by atoms with E-state index in [1.165, 1.54) is 0 Å². The van der Waals surface area contributed by atoms with Crippen molar-refractivity contribution in [3.63, 3.8) is 0 Å². The number of phosphoric acid groups is 1. The second-order valence-electron chi connectivity index (χ2n) is 6.31. The van der Waals surface area contributed by atoms with Crippen molar-refractivity contribution >= 4 is 20.5 Å². The number of halogens is 1. The van der Waals surface area contributed by atoms with Gasteiger partial charge in [0.25, 0.3) is 5.56 Å². The predicted molar refractivity (Wildman–Crippen MR) is 99.9 cm³/mol. The van der Waals surface area contributed by atoms with Gasteiger partial charge in [0.2, 0.25) is 5.82 Å². The molecule has 1 aromatic rings. The Morgan fingerprint density at radius 3 is 2.75 bits per heavy atom. The van der Waals surface area contributed by atoms with E-state index in [-0.39, 0.29) is 13.0 Å². The molecule has 2 heterocycles. The van der Waals surface area contributed by atoms with Crippen LogP contribution in [0.25, 0.3) is 0 Å². The summed E-state index contributed by atoms with van der Waals surface area (Å²) in [6.07, 6.45) is 0.669. The molecule has 28 heavy (non-hydrogen) atoms. The normalized spacial score (nSPS) is 24.4. The maximum Gasteiger partial charge on any atom is 0.472 e. The zero-order chi connectivity index (χ0) is 20.7. The Bertz CT molecular complexity index is 803. The fourth-order valence-corrected chi connectivity index (χ4v) is 3.66. The second-order valence-corrected chi connectivity index (χ2v) is 8.21. The molecule has 13 heteroatoms. The number of ether oxygens (including phenoxy) is 1. The van der Waals surface area contributed by atoms with Gasteiger partial charge in [-0.15, -0.1) is 0 Å². The summed E-state index contributed by atoms with van der Waals surface area (Å²) in [5.41, 5.74) is -2.07. The zero-order valence-corrected chi connectivity index (χ0v) is 16.8. The van der Waals surface area contributed by atoms with Crippen molar-refractivity contribution < 1.29 is 32.7 Å². The number of unbranched alkanes of at least 4 members (excludes halogenated alkanes) is 3. The number of rotatable bonds is 11. The van der Waals surface area contributed by atoms with Gasteiger partial charge >= 0.3 is 13.5 Å². The van der Waals surface area contributed by atoms with Crippen molar-refractivity contribution in [3.05, 3.63) is 32.9 Å². The molecule has 0 saturated carbocycles. The van der Waals surface area contributed by atoms with E-state index in [4.69, 9.17) is 13.8 Å². The Morgan fingerprint density at radius 2 is 2.04 bits per heavy atom. The number of hydrogen-bond donors (Lipinski definition) is 4. The predicted octanol–water partition coefficient (Wildman–Crippen LogP) is 0.948. The number of thiol groups is 1. The van der Waals surface area contributed by atoms with Crippen LogP contribution in [0.4, 0.5) is 4.39 Å². The first-order valence-electron chi connectivity index (χ1n) is 8.80. The van der Waals surface area contributed by atoms with Crippen molar-refractivity contribution in [1.29, 1.82) is 0 Å². The number of nitrogens with zero attached hydrogens (tertiary/aromatic N) is 1. The van der Waals surface area contributed by atoms with Gasteiger partial charge in [-0.25, -0.2) is 9.36 Å². The summed E-state index contributed by atoms with van der Waals surface area (Å²) in [7, 11) is -4.32. The minimum atomic E-state index is -4.32. The number of aromatic nitrogens is 2. The average Bonchev–Trinajstić information content (AvgIpc) is 3.00. The van der Waals surface area contributed by atoms with Crippen LogP contribution in [0.3, 0.4) is 0 Å². The van der Waals surface area contributed by atoms with Crippen molar-refractivity contribution in [3.8, 4) is 0 Å². The first-order valence-corrected chi connectivity index (χ1v) is 10.9. The maximum absolute atomic E-state index is 13.4. The molecule has 0 bridgehead atoms. The highest BCUT2D eigenvalue weighted by molar-refractivity contribution is 7.80. The van der Waals surface area contributed by atoms with E-state index in [9.17, 15) is 28.5 Å². The van der Waals surface area contributed by atoms with Crippen LogP contribution in [0, 0.1) is 5.82 Å². The lowest BCUT2D eigenvalue weighted by Crippen LogP contribution is -2.34. The molecule has 0 radical (unpaired) electrons. The Labute approximate surface area is 165 Å². The highest BCUT2D eigenvalue weighted by atomic mass is 32.1. The number of H-pyrrole nitrogens is 1. The fourth-order valence-electron chi connectivity index (χ4n) is 2.66. The fraction of sp³-hybridized carbons (Fsp3) is 0.733. The van der Waals surface area contributed by atoms with Crippen molar-refractivity contribution in [2.24, 2.45) is 0 Å². The van der Waals surface area contributed by atoms with Crippen LogP contribution in [0.2, 0.25) is 0 Å². The molecule has 10 nitrogen and oxygen atoms in total. The Balaban J connectivity index is 1.83. The lowest BCUT2D eigenvalue weighted by atomic mass is 10.2. The molecular formula is C15H24FN2O8PS. The average molecular weight is 442 g/mol. The van der Waals surface area contributed by atoms with E-state index >= 15 is 0 Å². The number of aromatic amines is 1. The van der Waals surface area contributed by atoms with Crippen molar-refractivity contribution in [1.82, 2.24) is 9.55 Å². The Kier molecular flexibility index (Phi) is 8.87. The Hall–Kier alpha value is -1.01. The summed E-state index contributed by atoms with van der Waals surface area (Å²) in [6, 6.07) is 0. The first-order chi connectivity index (χ1) is 13.2. The van der Waals surface area contributed by atoms with Gasteiger partial charge in [0.15, 0.2) is 0 Å². The highest BCUT2D eigenvalue weighted by Gasteiger charge is 2.37. The Morgan fingerprint density at radius 1 is 1.32 bits per heavy atom. The van der Waals surface area contributed by atoms with E-state index in [0.29, 0.717) is 12.6 Å². The van der Waals surface area contributed by atoms with Gasteiger partial charge in [-0.05, 0) is 18.6 Å². The largest absolute Gasteiger partial charge is 0.472 e. The molecule has 0 aliphatic carbocycles. The first kappa shape index (κ1) is 23.3. The maximum atomic E-state index is 13.4. The van der Waals surface area contributed by atoms with Gasteiger partial charge in [0, 0.05) is 6.42 Å². The van der Waals surface area contributed by atoms with Gasteiger partial charge in [0.1, 0.15) is 12.3 Å². The summed E-state index contributed by atoms with van der Waals surface area (Å²) >= 11 is 4.09. The lowest BCUT2D eigenvalue weighted by molar-refractivity contribution is -0.0468. The van der Waals surface area contributed by atoms with Gasteiger partial charge in [-0.2, -0.15) is 17.0 Å².